The van der Waals surface area contributed by atoms with E-state index in [1.54, 1.807) is 6.33 Å². The number of piperidine rings is 1. The number of fused-ring (bicyclic) bond motifs is 1. The van der Waals surface area contributed by atoms with Crippen LogP contribution in [0.5, 0.6) is 5.75 Å². The maximum atomic E-state index is 11.0. The first kappa shape index (κ1) is 19.1. The van der Waals surface area contributed by atoms with Gasteiger partial charge in [-0.05, 0) is 51.2 Å². The molecule has 26 heavy (non-hydrogen) atoms. The number of ether oxygens (including phenoxy) is 1. The van der Waals surface area contributed by atoms with Crippen LogP contribution < -0.4 is 14.5 Å². The van der Waals surface area contributed by atoms with E-state index in [4.69, 9.17) is 9.63 Å². The highest BCUT2D eigenvalue weighted by Crippen LogP contribution is 2.35. The van der Waals surface area contributed by atoms with Gasteiger partial charge >= 0.3 is 0 Å². The first-order valence-electron chi connectivity index (χ1n) is 9.01. The van der Waals surface area contributed by atoms with E-state index in [1.807, 2.05) is 32.0 Å². The third-order valence-corrected chi connectivity index (χ3v) is 5.53. The average Bonchev–Trinajstić information content (AvgIpc) is 2.59. The molecular weight excluding hydrogens is 353 g/mol. The van der Waals surface area contributed by atoms with Crippen molar-refractivity contribution in [2.75, 3.05) is 24.2 Å². The Balaban J connectivity index is 1.74. The first-order chi connectivity index (χ1) is 12.3. The number of para-hydroxylation sites is 1. The minimum absolute atomic E-state index is 0.0678. The molecule has 1 aliphatic heterocycles. The topological polar surface area (TPSA) is 98.6 Å². The van der Waals surface area contributed by atoms with Gasteiger partial charge in [0.05, 0.1) is 6.10 Å². The predicted molar refractivity (Wildman–Crippen MR) is 99.5 cm³/mol. The molecule has 7 nitrogen and oxygen atoms in total. The molecule has 8 heteroatoms. The van der Waals surface area contributed by atoms with Crippen molar-refractivity contribution in [3.05, 3.63) is 24.5 Å². The fraction of sp³-hybridized carbons (Fsp3) is 0.556. The second-order valence-electron chi connectivity index (χ2n) is 7.10. The van der Waals surface area contributed by atoms with E-state index in [0.717, 1.165) is 48.4 Å². The van der Waals surface area contributed by atoms with E-state index in [2.05, 4.69) is 14.9 Å². The summed E-state index contributed by atoms with van der Waals surface area (Å²) < 4.78 is 16.8. The molecule has 2 heterocycles. The molecule has 1 aliphatic rings. The second kappa shape index (κ2) is 7.91. The van der Waals surface area contributed by atoms with E-state index < -0.39 is 7.60 Å². The monoisotopic (exact) mass is 378 g/mol. The lowest BCUT2D eigenvalue weighted by molar-refractivity contribution is -0.193. The molecular formula is C18H25N3O4P-. The van der Waals surface area contributed by atoms with Crippen LogP contribution in [-0.4, -0.2) is 40.2 Å². The summed E-state index contributed by atoms with van der Waals surface area (Å²) in [5.74, 6) is 1.96. The molecule has 1 N–H and O–H groups in total. The molecule has 1 saturated heterocycles. The number of aromatic nitrogens is 2. The second-order valence-corrected chi connectivity index (χ2v) is 8.82. The Morgan fingerprint density at radius 1 is 1.35 bits per heavy atom. The Bertz CT molecular complexity index is 800. The number of anilines is 1. The van der Waals surface area contributed by atoms with Crippen LogP contribution >= 0.6 is 7.60 Å². The van der Waals surface area contributed by atoms with Gasteiger partial charge in [0.1, 0.15) is 31.0 Å². The number of nitrogens with zero attached hydrogens (tertiary/aromatic N) is 3. The van der Waals surface area contributed by atoms with Gasteiger partial charge in [-0.1, -0.05) is 6.07 Å². The molecule has 0 bridgehead atoms. The van der Waals surface area contributed by atoms with Crippen molar-refractivity contribution < 1.29 is 19.1 Å². The smallest absolute Gasteiger partial charge is 0.146 e. The highest BCUT2D eigenvalue weighted by molar-refractivity contribution is 7.50. The first-order valence-corrected chi connectivity index (χ1v) is 10.8. The minimum atomic E-state index is -4.15. The summed E-state index contributed by atoms with van der Waals surface area (Å²) >= 11 is 0. The van der Waals surface area contributed by atoms with Crippen LogP contribution in [0.4, 0.5) is 5.82 Å². The zero-order valence-electron chi connectivity index (χ0n) is 15.2. The Morgan fingerprint density at radius 3 is 2.73 bits per heavy atom. The Labute approximate surface area is 153 Å². The van der Waals surface area contributed by atoms with Crippen LogP contribution in [0, 0.1) is 5.92 Å². The van der Waals surface area contributed by atoms with Crippen molar-refractivity contribution in [2.24, 2.45) is 5.92 Å². The molecule has 1 aromatic carbocycles. The largest absolute Gasteiger partial charge is 0.779 e. The van der Waals surface area contributed by atoms with Gasteiger partial charge in [-0.2, -0.15) is 0 Å². The molecule has 142 valence electrons. The van der Waals surface area contributed by atoms with Crippen molar-refractivity contribution in [3.63, 3.8) is 0 Å². The van der Waals surface area contributed by atoms with Gasteiger partial charge in [0.2, 0.25) is 0 Å². The third-order valence-electron chi connectivity index (χ3n) is 4.70. The highest BCUT2D eigenvalue weighted by Gasteiger charge is 2.23. The molecule has 1 aromatic heterocycles. The number of benzene rings is 1. The summed E-state index contributed by atoms with van der Waals surface area (Å²) in [7, 11) is -4.15. The molecule has 3 rings (SSSR count). The van der Waals surface area contributed by atoms with Crippen LogP contribution in [0.25, 0.3) is 10.9 Å². The molecule has 0 aliphatic carbocycles. The van der Waals surface area contributed by atoms with E-state index in [9.17, 15) is 9.46 Å². The highest BCUT2D eigenvalue weighted by atomic mass is 31.2. The van der Waals surface area contributed by atoms with Crippen LogP contribution in [-0.2, 0) is 4.57 Å². The summed E-state index contributed by atoms with van der Waals surface area (Å²) in [6.07, 6.45) is 3.78. The molecule has 2 aromatic rings. The fourth-order valence-corrected chi connectivity index (χ4v) is 4.12. The molecule has 0 spiro atoms. The third kappa shape index (κ3) is 4.72. The number of hydrogen-bond acceptors (Lipinski definition) is 6. The maximum Gasteiger partial charge on any atom is 0.146 e. The van der Waals surface area contributed by atoms with Gasteiger partial charge < -0.3 is 24.0 Å². The number of hydrogen-bond donors (Lipinski definition) is 1. The molecule has 0 radical (unpaired) electrons. The average molecular weight is 378 g/mol. The van der Waals surface area contributed by atoms with Gasteiger partial charge in [-0.3, -0.25) is 0 Å². The molecule has 0 saturated carbocycles. The van der Waals surface area contributed by atoms with E-state index >= 15 is 0 Å². The van der Waals surface area contributed by atoms with Crippen molar-refractivity contribution in [3.8, 4) is 5.75 Å². The van der Waals surface area contributed by atoms with Gasteiger partial charge in [0, 0.05) is 24.6 Å². The standard InChI is InChI=1S/C18H26N3O4P/c1-13(2)25-16-5-3-4-15-17(16)19-12-20-18(15)21-9-6-14(7-10-21)8-11-26(22,23)24/h3-5,12-14H,6-11H2,1-2H3,(H2,22,23,24)/p-1. The van der Waals surface area contributed by atoms with Crippen LogP contribution in [0.15, 0.2) is 24.5 Å². The quantitative estimate of drug-likeness (QED) is 0.771. The van der Waals surface area contributed by atoms with Crippen molar-refractivity contribution >= 4 is 24.3 Å². The predicted octanol–water partition coefficient (Wildman–Crippen LogP) is 2.57. The summed E-state index contributed by atoms with van der Waals surface area (Å²) in [4.78, 5) is 31.0. The van der Waals surface area contributed by atoms with Crippen molar-refractivity contribution in [1.82, 2.24) is 9.97 Å². The minimum Gasteiger partial charge on any atom is -0.779 e. The summed E-state index contributed by atoms with van der Waals surface area (Å²) in [6, 6.07) is 5.87. The normalized spacial score (nSPS) is 18.3. The molecule has 1 fully saturated rings. The molecule has 0 amide bonds. The lowest BCUT2D eigenvalue weighted by atomic mass is 9.94. The van der Waals surface area contributed by atoms with Gasteiger partial charge in [-0.25, -0.2) is 9.97 Å². The zero-order chi connectivity index (χ0) is 18.7. The van der Waals surface area contributed by atoms with Gasteiger partial charge in [-0.15, -0.1) is 0 Å². The lowest BCUT2D eigenvalue weighted by Crippen LogP contribution is -2.34. The Kier molecular flexibility index (Phi) is 5.80. The zero-order valence-corrected chi connectivity index (χ0v) is 16.1. The summed E-state index contributed by atoms with van der Waals surface area (Å²) in [5, 5.41) is 0.962. The molecule has 1 unspecified atom stereocenters. The van der Waals surface area contributed by atoms with Gasteiger partial charge in [0.25, 0.3) is 0 Å². The van der Waals surface area contributed by atoms with Crippen molar-refractivity contribution in [1.29, 1.82) is 0 Å². The Morgan fingerprint density at radius 2 is 2.08 bits per heavy atom. The number of rotatable bonds is 6. The van der Waals surface area contributed by atoms with Crippen LogP contribution in [0.3, 0.4) is 0 Å². The maximum absolute atomic E-state index is 11.0. The van der Waals surface area contributed by atoms with Gasteiger partial charge in [0.15, 0.2) is 0 Å². The van der Waals surface area contributed by atoms with E-state index in [-0.39, 0.29) is 12.3 Å². The fourth-order valence-electron chi connectivity index (χ4n) is 3.43. The van der Waals surface area contributed by atoms with E-state index in [1.165, 1.54) is 0 Å². The van der Waals surface area contributed by atoms with Crippen molar-refractivity contribution in [2.45, 2.75) is 39.2 Å². The lowest BCUT2D eigenvalue weighted by Gasteiger charge is -2.34. The van der Waals surface area contributed by atoms with Crippen LogP contribution in [0.2, 0.25) is 0 Å². The molecule has 1 atom stereocenters. The SMILES string of the molecule is CC(C)Oc1cccc2c(N3CCC(CCP(=O)([O-])O)CC3)ncnc12. The van der Waals surface area contributed by atoms with Crippen LogP contribution in [0.1, 0.15) is 33.1 Å². The Hall–Kier alpha value is -1.69. The summed E-state index contributed by atoms with van der Waals surface area (Å²) in [6.45, 7) is 5.58. The summed E-state index contributed by atoms with van der Waals surface area (Å²) in [5.41, 5.74) is 0.806. The van der Waals surface area contributed by atoms with E-state index in [0.29, 0.717) is 12.3 Å².